The molecule has 0 aliphatic carbocycles. The minimum atomic E-state index is -0.981. The normalized spacial score (nSPS) is 24.9. The minimum absolute atomic E-state index is 0.0781. The highest BCUT2D eigenvalue weighted by Crippen LogP contribution is 2.25. The number of halogens is 1. The Morgan fingerprint density at radius 3 is 2.95 bits per heavy atom. The molecule has 8 heteroatoms. The largest absolute Gasteiger partial charge is 0.480 e. The Morgan fingerprint density at radius 2 is 2.38 bits per heavy atom. The molecule has 0 aromatic carbocycles. The third-order valence-electron chi connectivity index (χ3n) is 3.57. The molecule has 0 spiro atoms. The second-order valence-corrected chi connectivity index (χ2v) is 6.15. The van der Waals surface area contributed by atoms with Gasteiger partial charge in [0.05, 0.1) is 11.9 Å². The molecule has 0 bridgehead atoms. The zero-order valence-corrected chi connectivity index (χ0v) is 13.3. The molecule has 0 radical (unpaired) electrons. The van der Waals surface area contributed by atoms with Crippen LogP contribution < -0.4 is 0 Å². The van der Waals surface area contributed by atoms with Crippen LogP contribution in [0.2, 0.25) is 0 Å². The fourth-order valence-electron chi connectivity index (χ4n) is 2.03. The second-order valence-electron chi connectivity index (χ2n) is 5.24. The van der Waals surface area contributed by atoms with Gasteiger partial charge in [0, 0.05) is 24.1 Å². The summed E-state index contributed by atoms with van der Waals surface area (Å²) in [5.74, 6) is -1.46. The van der Waals surface area contributed by atoms with E-state index in [1.807, 2.05) is 6.92 Å². The van der Waals surface area contributed by atoms with Crippen LogP contribution in [0, 0.1) is 0 Å². The first-order valence-electron chi connectivity index (χ1n) is 6.32. The van der Waals surface area contributed by atoms with Gasteiger partial charge >= 0.3 is 11.9 Å². The maximum Gasteiger partial charge on any atom is 0.354 e. The topological polar surface area (TPSA) is 95.0 Å². The Kier molecular flexibility index (Phi) is 4.36. The lowest BCUT2D eigenvalue weighted by molar-refractivity contribution is -0.139. The third kappa shape index (κ3) is 3.44. The molecular weight excluding hydrogens is 342 g/mol. The third-order valence-corrected chi connectivity index (χ3v) is 4.03. The molecule has 1 aromatic rings. The van der Waals surface area contributed by atoms with Gasteiger partial charge in [0.1, 0.15) is 12.3 Å². The van der Waals surface area contributed by atoms with E-state index >= 15 is 0 Å². The molecule has 1 aliphatic rings. The van der Waals surface area contributed by atoms with Crippen molar-refractivity contribution in [1.82, 2.24) is 9.88 Å². The van der Waals surface area contributed by atoms with Crippen molar-refractivity contribution in [3.63, 3.8) is 0 Å². The van der Waals surface area contributed by atoms with Gasteiger partial charge in [-0.1, -0.05) is 0 Å². The average Bonchev–Trinajstić information content (AvgIpc) is 2.86. The van der Waals surface area contributed by atoms with E-state index in [0.717, 1.165) is 4.47 Å². The Balaban J connectivity index is 2.02. The molecule has 21 heavy (non-hydrogen) atoms. The lowest BCUT2D eigenvalue weighted by Gasteiger charge is -2.41. The van der Waals surface area contributed by atoms with E-state index in [4.69, 9.17) is 9.84 Å². The SMILES string of the molecule is CN1C=N[C@H](C(=O)O)C[C@@]1(C)COC(=O)c1cc(Br)c[nH]1. The van der Waals surface area contributed by atoms with Gasteiger partial charge in [-0.2, -0.15) is 0 Å². The lowest BCUT2D eigenvalue weighted by Crippen LogP contribution is -2.53. The number of aromatic nitrogens is 1. The van der Waals surface area contributed by atoms with Crippen molar-refractivity contribution in [2.24, 2.45) is 4.99 Å². The number of carboxylic acid groups (broad SMARTS) is 1. The van der Waals surface area contributed by atoms with Crippen LogP contribution in [0.15, 0.2) is 21.7 Å². The van der Waals surface area contributed by atoms with E-state index in [0.29, 0.717) is 5.69 Å². The second kappa shape index (κ2) is 5.88. The summed E-state index contributed by atoms with van der Waals surface area (Å²) in [6.45, 7) is 1.92. The quantitative estimate of drug-likeness (QED) is 0.796. The summed E-state index contributed by atoms with van der Waals surface area (Å²) in [6, 6.07) is 0.807. The first kappa shape index (κ1) is 15.6. The van der Waals surface area contributed by atoms with Crippen LogP contribution in [-0.4, -0.2) is 58.5 Å². The lowest BCUT2D eigenvalue weighted by atomic mass is 9.91. The number of hydrogen-bond acceptors (Lipinski definition) is 5. The number of likely N-dealkylation sites (N-methyl/N-ethyl adjacent to an activating group) is 1. The first-order chi connectivity index (χ1) is 9.82. The maximum absolute atomic E-state index is 11.9. The number of nitrogens with one attached hydrogen (secondary N) is 1. The molecule has 0 amide bonds. The number of esters is 1. The molecule has 0 saturated carbocycles. The molecule has 2 heterocycles. The number of aliphatic carboxylic acids is 1. The van der Waals surface area contributed by atoms with E-state index in [1.54, 1.807) is 24.2 Å². The summed E-state index contributed by atoms with van der Waals surface area (Å²) < 4.78 is 6.05. The number of nitrogens with zero attached hydrogens (tertiary/aromatic N) is 2. The van der Waals surface area contributed by atoms with Crippen LogP contribution in [0.25, 0.3) is 0 Å². The number of carbonyl (C=O) groups is 2. The average molecular weight is 358 g/mol. The van der Waals surface area contributed by atoms with Crippen molar-refractivity contribution in [2.75, 3.05) is 13.7 Å². The summed E-state index contributed by atoms with van der Waals surface area (Å²) in [6.07, 6.45) is 3.39. The number of H-pyrrole nitrogens is 1. The van der Waals surface area contributed by atoms with Gasteiger partial charge in [0.2, 0.25) is 0 Å². The molecule has 2 atom stereocenters. The Bertz CT molecular complexity index is 586. The molecule has 7 nitrogen and oxygen atoms in total. The Labute approximate surface area is 130 Å². The number of carbonyl (C=O) groups excluding carboxylic acids is 1. The molecule has 2 rings (SSSR count). The van der Waals surface area contributed by atoms with Crippen LogP contribution in [0.3, 0.4) is 0 Å². The van der Waals surface area contributed by atoms with Crippen molar-refractivity contribution in [3.05, 3.63) is 22.4 Å². The zero-order valence-electron chi connectivity index (χ0n) is 11.7. The van der Waals surface area contributed by atoms with Crippen LogP contribution in [0.4, 0.5) is 0 Å². The number of rotatable bonds is 4. The summed E-state index contributed by atoms with van der Waals surface area (Å²) >= 11 is 3.24. The first-order valence-corrected chi connectivity index (χ1v) is 7.11. The van der Waals surface area contributed by atoms with E-state index in [9.17, 15) is 9.59 Å². The predicted octanol–water partition coefficient (Wildman–Crippen LogP) is 1.51. The van der Waals surface area contributed by atoms with Crippen molar-refractivity contribution in [1.29, 1.82) is 0 Å². The van der Waals surface area contributed by atoms with Crippen LogP contribution >= 0.6 is 15.9 Å². The molecule has 114 valence electrons. The zero-order chi connectivity index (χ0) is 15.6. The van der Waals surface area contributed by atoms with Gasteiger partial charge in [0.25, 0.3) is 0 Å². The summed E-state index contributed by atoms with van der Waals surface area (Å²) in [4.78, 5) is 31.5. The number of ether oxygens (including phenoxy) is 1. The van der Waals surface area contributed by atoms with Gasteiger partial charge in [-0.25, -0.2) is 9.59 Å². The maximum atomic E-state index is 11.9. The van der Waals surface area contributed by atoms with E-state index < -0.39 is 23.5 Å². The van der Waals surface area contributed by atoms with Crippen molar-refractivity contribution in [3.8, 4) is 0 Å². The van der Waals surface area contributed by atoms with Gasteiger partial charge in [-0.15, -0.1) is 0 Å². The van der Waals surface area contributed by atoms with Gasteiger partial charge in [-0.3, -0.25) is 4.99 Å². The predicted molar refractivity (Wildman–Crippen MR) is 79.5 cm³/mol. The van der Waals surface area contributed by atoms with Gasteiger partial charge in [0.15, 0.2) is 6.04 Å². The summed E-state index contributed by atoms with van der Waals surface area (Å²) in [7, 11) is 1.78. The molecule has 0 unspecified atom stereocenters. The van der Waals surface area contributed by atoms with E-state index in [-0.39, 0.29) is 13.0 Å². The highest BCUT2D eigenvalue weighted by molar-refractivity contribution is 9.10. The van der Waals surface area contributed by atoms with Crippen LogP contribution in [-0.2, 0) is 9.53 Å². The Morgan fingerprint density at radius 1 is 1.67 bits per heavy atom. The molecular formula is C13H16BrN3O4. The highest BCUT2D eigenvalue weighted by Gasteiger charge is 2.38. The van der Waals surface area contributed by atoms with E-state index in [2.05, 4.69) is 25.9 Å². The number of hydrogen-bond donors (Lipinski definition) is 2. The smallest absolute Gasteiger partial charge is 0.354 e. The molecule has 1 aliphatic heterocycles. The number of aliphatic imine (C=N–C) groups is 1. The molecule has 2 N–H and O–H groups in total. The van der Waals surface area contributed by atoms with Gasteiger partial charge in [-0.05, 0) is 28.9 Å². The Hall–Kier alpha value is -1.83. The van der Waals surface area contributed by atoms with Crippen molar-refractivity contribution in [2.45, 2.75) is 24.9 Å². The molecule has 0 saturated heterocycles. The van der Waals surface area contributed by atoms with Crippen LogP contribution in [0.1, 0.15) is 23.8 Å². The fraction of sp³-hybridized carbons (Fsp3) is 0.462. The van der Waals surface area contributed by atoms with Crippen molar-refractivity contribution >= 4 is 34.2 Å². The minimum Gasteiger partial charge on any atom is -0.480 e. The van der Waals surface area contributed by atoms with Gasteiger partial charge < -0.3 is 19.7 Å². The molecule has 1 aromatic heterocycles. The standard InChI is InChI=1S/C13H16BrN3O4/c1-13(4-10(11(18)19)16-7-17(13)2)6-21-12(20)9-3-8(14)5-15-9/h3,5,7,10,15H,4,6H2,1-2H3,(H,18,19)/t10-,13-/m0/s1. The monoisotopic (exact) mass is 357 g/mol. The molecule has 0 fully saturated rings. The summed E-state index contributed by atoms with van der Waals surface area (Å²) in [5.41, 5.74) is -0.267. The van der Waals surface area contributed by atoms with Crippen LogP contribution in [0.5, 0.6) is 0 Å². The summed E-state index contributed by atoms with van der Waals surface area (Å²) in [5, 5.41) is 9.06. The fourth-order valence-corrected chi connectivity index (χ4v) is 2.37. The van der Waals surface area contributed by atoms with E-state index in [1.165, 1.54) is 6.34 Å². The highest BCUT2D eigenvalue weighted by atomic mass is 79.9. The number of carboxylic acids is 1. The number of aromatic amines is 1. The van der Waals surface area contributed by atoms with Crippen molar-refractivity contribution < 1.29 is 19.4 Å².